The first-order valence-electron chi connectivity index (χ1n) is 5.49. The summed E-state index contributed by atoms with van der Waals surface area (Å²) in [6.45, 7) is 1.27. The van der Waals surface area contributed by atoms with E-state index in [2.05, 4.69) is 9.72 Å². The van der Waals surface area contributed by atoms with Crippen LogP contribution in [0.4, 0.5) is 8.78 Å². The maximum absolute atomic E-state index is 13.2. The van der Waals surface area contributed by atoms with Gasteiger partial charge in [-0.25, -0.2) is 18.6 Å². The van der Waals surface area contributed by atoms with Crippen LogP contribution in [-0.2, 0) is 4.74 Å². The number of aromatic nitrogens is 1. The number of ether oxygens (including phenoxy) is 1. The van der Waals surface area contributed by atoms with Gasteiger partial charge in [0.1, 0.15) is 21.5 Å². The second-order valence-corrected chi connectivity index (χ2v) is 4.90. The molecule has 1 aromatic heterocycles. The van der Waals surface area contributed by atoms with Gasteiger partial charge in [0.25, 0.3) is 0 Å². The maximum atomic E-state index is 13.2. The molecule has 1 aromatic carbocycles. The van der Waals surface area contributed by atoms with Crippen molar-refractivity contribution in [3.8, 4) is 10.6 Å². The number of carbonyl (C=O) groups excluding carboxylic acids is 2. The molecule has 2 rings (SSSR count). The summed E-state index contributed by atoms with van der Waals surface area (Å²) in [4.78, 5) is 27.1. The van der Waals surface area contributed by atoms with Crippen LogP contribution in [-0.4, -0.2) is 23.8 Å². The number of methoxy groups -OCH3 is 1. The number of ketones is 1. The quantitative estimate of drug-likeness (QED) is 0.645. The van der Waals surface area contributed by atoms with Crippen molar-refractivity contribution >= 4 is 23.1 Å². The molecular formula is C13H9F2NO3S. The topological polar surface area (TPSA) is 56.3 Å². The Bertz CT molecular complexity index is 677. The van der Waals surface area contributed by atoms with E-state index in [-0.39, 0.29) is 26.9 Å². The van der Waals surface area contributed by atoms with Gasteiger partial charge in [0.2, 0.25) is 0 Å². The van der Waals surface area contributed by atoms with Crippen molar-refractivity contribution in [2.75, 3.05) is 7.11 Å². The number of esters is 1. The van der Waals surface area contributed by atoms with E-state index < -0.39 is 17.6 Å². The summed E-state index contributed by atoms with van der Waals surface area (Å²) in [7, 11) is 1.16. The van der Waals surface area contributed by atoms with E-state index >= 15 is 0 Å². The molecule has 1 heterocycles. The van der Waals surface area contributed by atoms with E-state index in [9.17, 15) is 18.4 Å². The second kappa shape index (κ2) is 5.46. The van der Waals surface area contributed by atoms with Gasteiger partial charge in [-0.05, 0) is 12.1 Å². The Morgan fingerprint density at radius 3 is 2.30 bits per heavy atom. The van der Waals surface area contributed by atoms with Gasteiger partial charge < -0.3 is 4.74 Å². The molecular weight excluding hydrogens is 288 g/mol. The largest absolute Gasteiger partial charge is 0.464 e. The van der Waals surface area contributed by atoms with Gasteiger partial charge in [-0.3, -0.25) is 4.79 Å². The van der Waals surface area contributed by atoms with Crippen LogP contribution in [0.3, 0.4) is 0 Å². The summed E-state index contributed by atoms with van der Waals surface area (Å²) >= 11 is 0.887. The van der Waals surface area contributed by atoms with Crippen LogP contribution in [0.25, 0.3) is 10.6 Å². The molecule has 0 saturated carbocycles. The third kappa shape index (κ3) is 2.72. The molecule has 0 spiro atoms. The highest BCUT2D eigenvalue weighted by atomic mass is 32.1. The molecule has 0 unspecified atom stereocenters. The van der Waals surface area contributed by atoms with Gasteiger partial charge in [0.15, 0.2) is 11.5 Å². The highest BCUT2D eigenvalue weighted by molar-refractivity contribution is 7.17. The summed E-state index contributed by atoms with van der Waals surface area (Å²) in [5.74, 6) is -2.67. The first-order valence-corrected chi connectivity index (χ1v) is 6.30. The Kier molecular flexibility index (Phi) is 3.89. The lowest BCUT2D eigenvalue weighted by Gasteiger charge is -1.97. The average Bonchev–Trinajstić information content (AvgIpc) is 2.81. The van der Waals surface area contributed by atoms with Crippen LogP contribution >= 0.6 is 11.3 Å². The first kappa shape index (κ1) is 14.3. The van der Waals surface area contributed by atoms with Gasteiger partial charge in [-0.1, -0.05) is 0 Å². The number of nitrogens with zero attached hydrogens (tertiary/aromatic N) is 1. The van der Waals surface area contributed by atoms with Crippen molar-refractivity contribution in [3.63, 3.8) is 0 Å². The van der Waals surface area contributed by atoms with Crippen molar-refractivity contribution in [3.05, 3.63) is 40.4 Å². The molecule has 2 aromatic rings. The zero-order chi connectivity index (χ0) is 14.9. The summed E-state index contributed by atoms with van der Waals surface area (Å²) in [5.41, 5.74) is 0.00909. The normalized spacial score (nSPS) is 10.4. The van der Waals surface area contributed by atoms with E-state index in [1.165, 1.54) is 6.92 Å². The maximum Gasteiger partial charge on any atom is 0.358 e. The number of carbonyl (C=O) groups is 2. The lowest BCUT2D eigenvalue weighted by molar-refractivity contribution is 0.0591. The first-order chi connectivity index (χ1) is 9.42. The van der Waals surface area contributed by atoms with E-state index in [0.29, 0.717) is 0 Å². The molecule has 0 saturated heterocycles. The lowest BCUT2D eigenvalue weighted by atomic mass is 10.2. The fraction of sp³-hybridized carbons (Fsp3) is 0.154. The molecule has 0 fully saturated rings. The summed E-state index contributed by atoms with van der Waals surface area (Å²) in [6.07, 6.45) is 0. The highest BCUT2D eigenvalue weighted by Gasteiger charge is 2.22. The van der Waals surface area contributed by atoms with E-state index in [0.717, 1.165) is 36.6 Å². The number of benzene rings is 1. The zero-order valence-electron chi connectivity index (χ0n) is 10.6. The van der Waals surface area contributed by atoms with Crippen LogP contribution < -0.4 is 0 Å². The number of halogens is 2. The van der Waals surface area contributed by atoms with E-state index in [1.807, 2.05) is 0 Å². The number of Topliss-reactive ketones (excluding diaryl/α,β-unsaturated/α-hetero) is 1. The fourth-order valence-electron chi connectivity index (χ4n) is 1.59. The summed E-state index contributed by atoms with van der Waals surface area (Å²) < 4.78 is 30.9. The fourth-order valence-corrected chi connectivity index (χ4v) is 2.53. The predicted molar refractivity (Wildman–Crippen MR) is 68.8 cm³/mol. The van der Waals surface area contributed by atoms with Gasteiger partial charge in [-0.2, -0.15) is 0 Å². The monoisotopic (exact) mass is 297 g/mol. The van der Waals surface area contributed by atoms with Crippen LogP contribution in [0.15, 0.2) is 18.2 Å². The van der Waals surface area contributed by atoms with Crippen LogP contribution in [0.1, 0.15) is 27.1 Å². The van der Waals surface area contributed by atoms with Gasteiger partial charge in [-0.15, -0.1) is 11.3 Å². The predicted octanol–water partition coefficient (Wildman–Crippen LogP) is 3.08. The minimum Gasteiger partial charge on any atom is -0.464 e. The molecule has 0 aliphatic rings. The van der Waals surface area contributed by atoms with Gasteiger partial charge in [0, 0.05) is 18.6 Å². The van der Waals surface area contributed by atoms with Crippen LogP contribution in [0, 0.1) is 11.6 Å². The third-order valence-corrected chi connectivity index (χ3v) is 3.64. The Morgan fingerprint density at radius 2 is 1.80 bits per heavy atom. The minimum atomic E-state index is -0.769. The average molecular weight is 297 g/mol. The SMILES string of the molecule is COC(=O)c1nc(-c2cc(F)cc(F)c2)sc1C(C)=O. The molecule has 0 radical (unpaired) electrons. The number of rotatable bonds is 3. The van der Waals surface area contributed by atoms with Crippen molar-refractivity contribution < 1.29 is 23.1 Å². The molecule has 0 bridgehead atoms. The standard InChI is InChI=1S/C13H9F2NO3S/c1-6(17)11-10(13(18)19-2)16-12(20-11)7-3-8(14)5-9(15)4-7/h3-5H,1-2H3. The van der Waals surface area contributed by atoms with Crippen LogP contribution in [0.5, 0.6) is 0 Å². The minimum absolute atomic E-state index is 0.0940. The Hall–Kier alpha value is -2.15. The second-order valence-electron chi connectivity index (χ2n) is 3.90. The Balaban J connectivity index is 2.58. The smallest absolute Gasteiger partial charge is 0.358 e. The number of thiazole rings is 1. The van der Waals surface area contributed by atoms with Crippen molar-refractivity contribution in [1.82, 2.24) is 4.98 Å². The number of hydrogen-bond donors (Lipinski definition) is 0. The van der Waals surface area contributed by atoms with E-state index in [1.54, 1.807) is 0 Å². The van der Waals surface area contributed by atoms with Crippen LogP contribution in [0.2, 0.25) is 0 Å². The third-order valence-electron chi connectivity index (χ3n) is 2.44. The molecule has 0 N–H and O–H groups in total. The van der Waals surface area contributed by atoms with Crippen molar-refractivity contribution in [1.29, 1.82) is 0 Å². The molecule has 0 aliphatic heterocycles. The number of hydrogen-bond acceptors (Lipinski definition) is 5. The highest BCUT2D eigenvalue weighted by Crippen LogP contribution is 2.30. The Labute approximate surface area is 117 Å². The summed E-state index contributed by atoms with van der Waals surface area (Å²) in [5, 5.41) is 0.175. The molecule has 0 atom stereocenters. The van der Waals surface area contributed by atoms with Crippen molar-refractivity contribution in [2.45, 2.75) is 6.92 Å². The summed E-state index contributed by atoms with van der Waals surface area (Å²) in [6, 6.07) is 2.88. The lowest BCUT2D eigenvalue weighted by Crippen LogP contribution is -2.06. The van der Waals surface area contributed by atoms with E-state index in [4.69, 9.17) is 0 Å². The Morgan fingerprint density at radius 1 is 1.20 bits per heavy atom. The molecule has 104 valence electrons. The molecule has 0 amide bonds. The molecule has 7 heteroatoms. The molecule has 0 aliphatic carbocycles. The van der Waals surface area contributed by atoms with Crippen molar-refractivity contribution in [2.24, 2.45) is 0 Å². The molecule has 20 heavy (non-hydrogen) atoms. The molecule has 4 nitrogen and oxygen atoms in total. The van der Waals surface area contributed by atoms with Gasteiger partial charge in [0.05, 0.1) is 7.11 Å². The zero-order valence-corrected chi connectivity index (χ0v) is 11.4. The van der Waals surface area contributed by atoms with Gasteiger partial charge >= 0.3 is 5.97 Å².